The van der Waals surface area contributed by atoms with Crippen molar-refractivity contribution in [2.45, 2.75) is 6.36 Å². The lowest BCUT2D eigenvalue weighted by molar-refractivity contribution is -0.274. The number of alkyl halides is 3. The lowest BCUT2D eigenvalue weighted by atomic mass is 10.3. The molecule has 3 aromatic rings. The van der Waals surface area contributed by atoms with Crippen molar-refractivity contribution < 1.29 is 22.7 Å². The molecule has 0 saturated carbocycles. The molecule has 4 N–H and O–H groups in total. The molecule has 0 bridgehead atoms. The summed E-state index contributed by atoms with van der Waals surface area (Å²) in [6, 6.07) is 11.6. The smallest absolute Gasteiger partial charge is 0.404 e. The number of aromatic nitrogens is 3. The fourth-order valence-corrected chi connectivity index (χ4v) is 2.39. The number of pyridine rings is 1. The molecule has 0 spiro atoms. The Labute approximate surface area is 175 Å². The number of carbonyl (C=O) groups is 1. The molecule has 31 heavy (non-hydrogen) atoms. The van der Waals surface area contributed by atoms with Crippen LogP contribution in [0.4, 0.5) is 41.0 Å². The fraction of sp³-hybridized carbons (Fsp3) is 0.158. The van der Waals surface area contributed by atoms with E-state index >= 15 is 0 Å². The number of carbonyl (C=O) groups excluding carboxylic acids is 1. The van der Waals surface area contributed by atoms with Crippen LogP contribution in [0.2, 0.25) is 0 Å². The van der Waals surface area contributed by atoms with Crippen molar-refractivity contribution >= 4 is 29.0 Å². The van der Waals surface area contributed by atoms with Crippen molar-refractivity contribution in [3.8, 4) is 5.75 Å². The Hall–Kier alpha value is -4.09. The highest BCUT2D eigenvalue weighted by Crippen LogP contribution is 2.29. The first-order valence-corrected chi connectivity index (χ1v) is 9.03. The number of para-hydroxylation sites is 2. The summed E-state index contributed by atoms with van der Waals surface area (Å²) in [7, 11) is 0. The molecule has 12 heteroatoms. The van der Waals surface area contributed by atoms with Crippen LogP contribution in [-0.2, 0) is 0 Å². The molecule has 2 heterocycles. The second-order valence-corrected chi connectivity index (χ2v) is 6.02. The third-order valence-corrected chi connectivity index (χ3v) is 3.69. The summed E-state index contributed by atoms with van der Waals surface area (Å²) in [5.74, 6) is 0.541. The first kappa shape index (κ1) is 21.6. The van der Waals surface area contributed by atoms with E-state index in [4.69, 9.17) is 0 Å². The van der Waals surface area contributed by atoms with Crippen LogP contribution in [0.5, 0.6) is 5.75 Å². The fourth-order valence-electron chi connectivity index (χ4n) is 2.39. The van der Waals surface area contributed by atoms with Crippen LogP contribution in [0.1, 0.15) is 0 Å². The van der Waals surface area contributed by atoms with Crippen molar-refractivity contribution in [3.63, 3.8) is 0 Å². The number of nitrogens with zero attached hydrogens (tertiary/aromatic N) is 3. The van der Waals surface area contributed by atoms with E-state index in [1.54, 1.807) is 36.7 Å². The van der Waals surface area contributed by atoms with E-state index in [9.17, 15) is 18.0 Å². The number of halogens is 3. The van der Waals surface area contributed by atoms with E-state index in [-0.39, 0.29) is 12.2 Å². The number of hydrogen-bond donors (Lipinski definition) is 4. The van der Waals surface area contributed by atoms with E-state index in [0.29, 0.717) is 18.2 Å². The van der Waals surface area contributed by atoms with Crippen LogP contribution in [0.25, 0.3) is 0 Å². The number of amides is 2. The summed E-state index contributed by atoms with van der Waals surface area (Å²) < 4.78 is 41.2. The summed E-state index contributed by atoms with van der Waals surface area (Å²) in [5.41, 5.74) is 0.718. The Kier molecular flexibility index (Phi) is 7.04. The van der Waals surface area contributed by atoms with Crippen molar-refractivity contribution in [2.24, 2.45) is 0 Å². The predicted molar refractivity (Wildman–Crippen MR) is 108 cm³/mol. The van der Waals surface area contributed by atoms with Gasteiger partial charge in [0.25, 0.3) is 0 Å². The van der Waals surface area contributed by atoms with Gasteiger partial charge in [-0.25, -0.2) is 4.79 Å². The Bertz CT molecular complexity index is 986. The first-order valence-electron chi connectivity index (χ1n) is 9.03. The van der Waals surface area contributed by atoms with Crippen LogP contribution in [0, 0.1) is 0 Å². The maximum absolute atomic E-state index is 12.4. The molecular weight excluding hydrogens is 415 g/mol. The normalized spacial score (nSPS) is 10.8. The third-order valence-electron chi connectivity index (χ3n) is 3.69. The predicted octanol–water partition coefficient (Wildman–Crippen LogP) is 3.75. The number of hydrogen-bond acceptors (Lipinski definition) is 7. The highest BCUT2D eigenvalue weighted by Gasteiger charge is 2.32. The molecule has 1 aromatic carbocycles. The zero-order valence-corrected chi connectivity index (χ0v) is 16.0. The van der Waals surface area contributed by atoms with Crippen LogP contribution >= 0.6 is 0 Å². The van der Waals surface area contributed by atoms with E-state index in [0.717, 1.165) is 11.8 Å². The average Bonchev–Trinajstić information content (AvgIpc) is 2.73. The highest BCUT2D eigenvalue weighted by molar-refractivity contribution is 5.90. The molecule has 0 saturated heterocycles. The van der Waals surface area contributed by atoms with Gasteiger partial charge in [0.05, 0.1) is 5.69 Å². The van der Waals surface area contributed by atoms with Gasteiger partial charge in [-0.2, -0.15) is 0 Å². The molecule has 0 aliphatic heterocycles. The first-order chi connectivity index (χ1) is 14.9. The number of anilines is 4. The SMILES string of the molecule is O=C(NCCNc1ccc(Nc2ccncc2)nn1)Nc1ccccc1OC(F)(F)F. The molecular formula is C19H18F3N7O2. The van der Waals surface area contributed by atoms with Gasteiger partial charge < -0.3 is 26.0 Å². The average molecular weight is 433 g/mol. The Balaban J connectivity index is 1.41. The van der Waals surface area contributed by atoms with Gasteiger partial charge in [-0.1, -0.05) is 12.1 Å². The molecule has 0 fully saturated rings. The summed E-state index contributed by atoms with van der Waals surface area (Å²) in [4.78, 5) is 15.9. The van der Waals surface area contributed by atoms with Crippen molar-refractivity contribution in [3.05, 3.63) is 60.9 Å². The molecule has 2 amide bonds. The molecule has 0 radical (unpaired) electrons. The summed E-state index contributed by atoms with van der Waals surface area (Å²) in [6.07, 6.45) is -1.56. The van der Waals surface area contributed by atoms with Gasteiger partial charge in [-0.05, 0) is 36.4 Å². The van der Waals surface area contributed by atoms with Crippen LogP contribution in [0.15, 0.2) is 60.9 Å². The molecule has 0 aliphatic carbocycles. The molecule has 2 aromatic heterocycles. The third kappa shape index (κ3) is 7.34. The quantitative estimate of drug-likeness (QED) is 0.400. The molecule has 0 unspecified atom stereocenters. The van der Waals surface area contributed by atoms with Gasteiger partial charge in [0.15, 0.2) is 11.6 Å². The second kappa shape index (κ2) is 10.1. The van der Waals surface area contributed by atoms with Crippen molar-refractivity contribution in [1.29, 1.82) is 0 Å². The maximum Gasteiger partial charge on any atom is 0.573 e. The molecule has 162 valence electrons. The van der Waals surface area contributed by atoms with Crippen LogP contribution in [-0.4, -0.2) is 40.7 Å². The standard InChI is InChI=1S/C19H18F3N7O2/c20-19(21,22)31-15-4-2-1-3-14(15)27-18(30)25-12-11-24-16-5-6-17(29-28-16)26-13-7-9-23-10-8-13/h1-10H,11-12H2,(H,24,28)(H,23,26,29)(H2,25,27,30). The van der Waals surface area contributed by atoms with E-state index in [1.807, 2.05) is 0 Å². The monoisotopic (exact) mass is 433 g/mol. The molecule has 0 atom stereocenters. The lowest BCUT2D eigenvalue weighted by Crippen LogP contribution is -2.33. The molecule has 3 rings (SSSR count). The van der Waals surface area contributed by atoms with E-state index in [2.05, 4.69) is 41.2 Å². The summed E-state index contributed by atoms with van der Waals surface area (Å²) in [5, 5.41) is 18.9. The Morgan fingerprint density at radius 3 is 2.35 bits per heavy atom. The van der Waals surface area contributed by atoms with Gasteiger partial charge in [0.2, 0.25) is 0 Å². The minimum atomic E-state index is -4.86. The minimum absolute atomic E-state index is 0.103. The summed E-state index contributed by atoms with van der Waals surface area (Å²) in [6.45, 7) is 0.507. The zero-order chi connectivity index (χ0) is 22.1. The van der Waals surface area contributed by atoms with Gasteiger partial charge in [0.1, 0.15) is 5.82 Å². The number of nitrogens with one attached hydrogen (secondary N) is 4. The van der Waals surface area contributed by atoms with Crippen molar-refractivity contribution in [2.75, 3.05) is 29.0 Å². The van der Waals surface area contributed by atoms with Gasteiger partial charge >= 0.3 is 12.4 Å². The van der Waals surface area contributed by atoms with E-state index < -0.39 is 18.1 Å². The topological polar surface area (TPSA) is 113 Å². The number of benzene rings is 1. The van der Waals surface area contributed by atoms with Crippen molar-refractivity contribution in [1.82, 2.24) is 20.5 Å². The number of ether oxygens (including phenoxy) is 1. The highest BCUT2D eigenvalue weighted by atomic mass is 19.4. The number of urea groups is 1. The van der Waals surface area contributed by atoms with Gasteiger partial charge in [-0.3, -0.25) is 4.98 Å². The lowest BCUT2D eigenvalue weighted by Gasteiger charge is -2.14. The van der Waals surface area contributed by atoms with E-state index in [1.165, 1.54) is 18.2 Å². The molecule has 9 nitrogen and oxygen atoms in total. The summed E-state index contributed by atoms with van der Waals surface area (Å²) >= 11 is 0. The Morgan fingerprint density at radius 2 is 1.65 bits per heavy atom. The minimum Gasteiger partial charge on any atom is -0.404 e. The zero-order valence-electron chi connectivity index (χ0n) is 16.0. The van der Waals surface area contributed by atoms with Gasteiger partial charge in [0, 0.05) is 31.2 Å². The van der Waals surface area contributed by atoms with Crippen LogP contribution < -0.4 is 26.0 Å². The number of rotatable bonds is 8. The van der Waals surface area contributed by atoms with Gasteiger partial charge in [-0.15, -0.1) is 23.4 Å². The molecule has 0 aliphatic rings. The Morgan fingerprint density at radius 1 is 0.935 bits per heavy atom. The maximum atomic E-state index is 12.4. The van der Waals surface area contributed by atoms with Crippen LogP contribution in [0.3, 0.4) is 0 Å². The largest absolute Gasteiger partial charge is 0.573 e. The second-order valence-electron chi connectivity index (χ2n) is 6.02.